The third-order valence-electron chi connectivity index (χ3n) is 4.31. The summed E-state index contributed by atoms with van der Waals surface area (Å²) in [5, 5.41) is 14.4. The molecule has 3 rings (SSSR count). The molecule has 9 heteroatoms. The molecule has 31 heavy (non-hydrogen) atoms. The zero-order valence-electron chi connectivity index (χ0n) is 16.4. The number of hydrogen-bond acceptors (Lipinski definition) is 6. The van der Waals surface area contributed by atoms with Gasteiger partial charge in [-0.1, -0.05) is 12.1 Å². The van der Waals surface area contributed by atoms with Crippen molar-refractivity contribution in [3.63, 3.8) is 0 Å². The van der Waals surface area contributed by atoms with Crippen molar-refractivity contribution < 1.29 is 19.4 Å². The number of carbonyl (C=O) groups excluding carboxylic acids is 2. The molecule has 0 bridgehead atoms. The van der Waals surface area contributed by atoms with E-state index >= 15 is 0 Å². The number of amides is 2. The van der Waals surface area contributed by atoms with Crippen LogP contribution in [0.2, 0.25) is 0 Å². The highest BCUT2D eigenvalue weighted by molar-refractivity contribution is 9.10. The SMILES string of the molecule is COc1ccc(NC(=O)c2ccc(/C(N)=C/O)cc2)c(C(=O)Nc2ccc(Br)cn2)c1. The molecule has 0 fully saturated rings. The van der Waals surface area contributed by atoms with Gasteiger partial charge in [0.05, 0.1) is 24.1 Å². The van der Waals surface area contributed by atoms with Crippen molar-refractivity contribution in [2.75, 3.05) is 17.7 Å². The fraction of sp³-hybridized carbons (Fsp3) is 0.0455. The summed E-state index contributed by atoms with van der Waals surface area (Å²) in [5.74, 6) is -0.0553. The Morgan fingerprint density at radius 2 is 1.74 bits per heavy atom. The normalized spacial score (nSPS) is 11.0. The lowest BCUT2D eigenvalue weighted by Gasteiger charge is -2.13. The molecule has 0 radical (unpaired) electrons. The quantitative estimate of drug-likeness (QED) is 0.390. The van der Waals surface area contributed by atoms with Gasteiger partial charge < -0.3 is 26.2 Å². The minimum absolute atomic E-state index is 0.183. The lowest BCUT2D eigenvalue weighted by Crippen LogP contribution is -2.19. The first-order valence-electron chi connectivity index (χ1n) is 9.04. The molecule has 1 aromatic heterocycles. The Morgan fingerprint density at radius 3 is 2.35 bits per heavy atom. The van der Waals surface area contributed by atoms with Crippen molar-refractivity contribution in [2.24, 2.45) is 5.73 Å². The molecule has 0 aliphatic rings. The van der Waals surface area contributed by atoms with E-state index in [0.717, 1.165) is 10.7 Å². The highest BCUT2D eigenvalue weighted by Gasteiger charge is 2.17. The van der Waals surface area contributed by atoms with Gasteiger partial charge in [0.2, 0.25) is 0 Å². The summed E-state index contributed by atoms with van der Waals surface area (Å²) in [7, 11) is 1.49. The molecule has 8 nitrogen and oxygen atoms in total. The number of hydrogen-bond donors (Lipinski definition) is 4. The van der Waals surface area contributed by atoms with Crippen molar-refractivity contribution in [1.82, 2.24) is 4.98 Å². The standard InChI is InChI=1S/C22H19BrN4O4/c1-31-16-7-8-19(17(10-16)22(30)27-20-9-6-15(23)11-25-20)26-21(29)14-4-2-13(3-5-14)18(24)12-28/h2-12,28H,24H2,1H3,(H,26,29)(H,25,27,30)/b18-12-. The minimum Gasteiger partial charge on any atom is -0.513 e. The van der Waals surface area contributed by atoms with Crippen LogP contribution in [0.3, 0.4) is 0 Å². The molecule has 0 saturated carbocycles. The van der Waals surface area contributed by atoms with E-state index in [1.807, 2.05) is 0 Å². The van der Waals surface area contributed by atoms with Crippen molar-refractivity contribution >= 4 is 44.9 Å². The van der Waals surface area contributed by atoms with Crippen LogP contribution in [0.15, 0.2) is 71.5 Å². The summed E-state index contributed by atoms with van der Waals surface area (Å²) in [4.78, 5) is 29.7. The fourth-order valence-corrected chi connectivity index (χ4v) is 2.90. The number of halogens is 1. The summed E-state index contributed by atoms with van der Waals surface area (Å²) in [6.07, 6.45) is 2.35. The largest absolute Gasteiger partial charge is 0.513 e. The van der Waals surface area contributed by atoms with E-state index < -0.39 is 11.8 Å². The van der Waals surface area contributed by atoms with Crippen molar-refractivity contribution in [1.29, 1.82) is 0 Å². The maximum Gasteiger partial charge on any atom is 0.259 e. The topological polar surface area (TPSA) is 127 Å². The van der Waals surface area contributed by atoms with Crippen LogP contribution in [0.1, 0.15) is 26.3 Å². The number of aliphatic hydroxyl groups is 1. The second-order valence-electron chi connectivity index (χ2n) is 6.34. The molecule has 5 N–H and O–H groups in total. The van der Waals surface area contributed by atoms with Gasteiger partial charge in [-0.25, -0.2) is 4.98 Å². The number of rotatable bonds is 6. The summed E-state index contributed by atoms with van der Waals surface area (Å²) in [6, 6.07) is 14.5. The first-order valence-corrected chi connectivity index (χ1v) is 9.83. The lowest BCUT2D eigenvalue weighted by molar-refractivity contribution is 0.102. The van der Waals surface area contributed by atoms with E-state index in [0.29, 0.717) is 28.4 Å². The molecular formula is C22H19BrN4O4. The molecule has 0 spiro atoms. The van der Waals surface area contributed by atoms with E-state index in [1.165, 1.54) is 13.2 Å². The average molecular weight is 483 g/mol. The van der Waals surface area contributed by atoms with Crippen LogP contribution in [0.5, 0.6) is 5.75 Å². The minimum atomic E-state index is -0.458. The van der Waals surface area contributed by atoms with E-state index in [4.69, 9.17) is 15.6 Å². The van der Waals surface area contributed by atoms with Gasteiger partial charge in [0.1, 0.15) is 17.8 Å². The molecule has 158 valence electrons. The molecule has 0 unspecified atom stereocenters. The van der Waals surface area contributed by atoms with Gasteiger partial charge in [0, 0.05) is 21.8 Å². The number of carbonyl (C=O) groups is 2. The second-order valence-corrected chi connectivity index (χ2v) is 7.26. The van der Waals surface area contributed by atoms with Crippen LogP contribution in [0.4, 0.5) is 11.5 Å². The van der Waals surface area contributed by atoms with Gasteiger partial charge in [0.25, 0.3) is 11.8 Å². The summed E-state index contributed by atoms with van der Waals surface area (Å²) >= 11 is 3.29. The van der Waals surface area contributed by atoms with Gasteiger partial charge in [0.15, 0.2) is 0 Å². The predicted octanol–water partition coefficient (Wildman–Crippen LogP) is 4.17. The third kappa shape index (κ3) is 5.40. The van der Waals surface area contributed by atoms with Crippen LogP contribution in [0.25, 0.3) is 5.70 Å². The molecule has 3 aromatic rings. The predicted molar refractivity (Wildman–Crippen MR) is 122 cm³/mol. The third-order valence-corrected chi connectivity index (χ3v) is 4.78. The Balaban J connectivity index is 1.84. The first kappa shape index (κ1) is 21.8. The first-order chi connectivity index (χ1) is 14.9. The van der Waals surface area contributed by atoms with Gasteiger partial charge in [-0.05, 0) is 58.4 Å². The Morgan fingerprint density at radius 1 is 1.03 bits per heavy atom. The Labute approximate surface area is 186 Å². The van der Waals surface area contributed by atoms with Crippen molar-refractivity contribution in [3.8, 4) is 5.75 Å². The number of pyridine rings is 1. The number of anilines is 2. The Bertz CT molecular complexity index is 1130. The lowest BCUT2D eigenvalue weighted by atomic mass is 10.1. The molecule has 0 saturated heterocycles. The molecule has 0 aliphatic carbocycles. The summed E-state index contributed by atoms with van der Waals surface area (Å²) < 4.78 is 5.99. The van der Waals surface area contributed by atoms with Crippen LogP contribution in [-0.2, 0) is 0 Å². The zero-order valence-corrected chi connectivity index (χ0v) is 18.0. The number of nitrogens with zero attached hydrogens (tertiary/aromatic N) is 1. The van der Waals surface area contributed by atoms with E-state index in [-0.39, 0.29) is 11.3 Å². The summed E-state index contributed by atoms with van der Waals surface area (Å²) in [6.45, 7) is 0. The number of nitrogens with two attached hydrogens (primary N) is 1. The molecule has 0 aliphatic heterocycles. The Hall–Kier alpha value is -3.85. The maximum atomic E-state index is 12.8. The highest BCUT2D eigenvalue weighted by Crippen LogP contribution is 2.24. The average Bonchev–Trinajstić information content (AvgIpc) is 2.80. The monoisotopic (exact) mass is 482 g/mol. The molecule has 2 aromatic carbocycles. The van der Waals surface area contributed by atoms with Gasteiger partial charge >= 0.3 is 0 Å². The number of nitrogens with one attached hydrogen (secondary N) is 2. The van der Waals surface area contributed by atoms with E-state index in [2.05, 4.69) is 31.5 Å². The summed E-state index contributed by atoms with van der Waals surface area (Å²) in [5.41, 5.74) is 7.27. The molecular weight excluding hydrogens is 464 g/mol. The Kier molecular flexibility index (Phi) is 6.88. The van der Waals surface area contributed by atoms with E-state index in [1.54, 1.807) is 54.7 Å². The molecule has 2 amide bonds. The maximum absolute atomic E-state index is 12.8. The van der Waals surface area contributed by atoms with Gasteiger partial charge in [-0.2, -0.15) is 0 Å². The number of aromatic nitrogens is 1. The van der Waals surface area contributed by atoms with Crippen LogP contribution >= 0.6 is 15.9 Å². The number of ether oxygens (including phenoxy) is 1. The number of aliphatic hydroxyl groups excluding tert-OH is 1. The zero-order chi connectivity index (χ0) is 22.4. The highest BCUT2D eigenvalue weighted by atomic mass is 79.9. The van der Waals surface area contributed by atoms with E-state index in [9.17, 15) is 9.59 Å². The van der Waals surface area contributed by atoms with Crippen LogP contribution in [-0.4, -0.2) is 29.0 Å². The fourth-order valence-electron chi connectivity index (χ4n) is 2.66. The van der Waals surface area contributed by atoms with Gasteiger partial charge in [-0.15, -0.1) is 0 Å². The van der Waals surface area contributed by atoms with Gasteiger partial charge in [-0.3, -0.25) is 9.59 Å². The molecule has 0 atom stereocenters. The van der Waals surface area contributed by atoms with Crippen molar-refractivity contribution in [3.05, 3.63) is 88.2 Å². The number of benzene rings is 2. The molecule has 1 heterocycles. The second kappa shape index (κ2) is 9.77. The smallest absolute Gasteiger partial charge is 0.259 e. The number of methoxy groups -OCH3 is 1. The van der Waals surface area contributed by atoms with Crippen LogP contribution in [0, 0.1) is 0 Å². The van der Waals surface area contributed by atoms with Crippen LogP contribution < -0.4 is 21.1 Å². The van der Waals surface area contributed by atoms with Crippen molar-refractivity contribution in [2.45, 2.75) is 0 Å².